The van der Waals surface area contributed by atoms with E-state index in [0.29, 0.717) is 0 Å². The van der Waals surface area contributed by atoms with Gasteiger partial charge in [0.05, 0.1) is 0 Å². The molecule has 0 saturated heterocycles. The van der Waals surface area contributed by atoms with Gasteiger partial charge in [0.2, 0.25) is 0 Å². The number of rotatable bonds is 14. The maximum absolute atomic E-state index is 10.2. The zero-order valence-electron chi connectivity index (χ0n) is 14.9. The summed E-state index contributed by atoms with van der Waals surface area (Å²) in [4.78, 5) is 10.2. The summed E-state index contributed by atoms with van der Waals surface area (Å²) in [5.74, 6) is -0.919. The molecule has 2 heteroatoms. The Labute approximate surface area is 147 Å². The van der Waals surface area contributed by atoms with Gasteiger partial charge < -0.3 is 5.11 Å². The number of carbonyl (C=O) groups is 1. The highest BCUT2D eigenvalue weighted by atomic mass is 16.4. The number of carboxylic acids is 1. The van der Waals surface area contributed by atoms with Crippen LogP contribution < -0.4 is 0 Å². The van der Waals surface area contributed by atoms with Crippen molar-refractivity contribution in [2.24, 2.45) is 0 Å². The third-order valence-electron chi connectivity index (χ3n) is 3.23. The van der Waals surface area contributed by atoms with Gasteiger partial charge in [-0.15, -0.1) is 0 Å². The Morgan fingerprint density at radius 3 is 1.96 bits per heavy atom. The number of carboxylic acid groups (broad SMARTS) is 1. The first kappa shape index (κ1) is 21.9. The predicted octanol–water partition coefficient (Wildman–Crippen LogP) is 6.55. The van der Waals surface area contributed by atoms with Crippen LogP contribution >= 0.6 is 0 Å². The van der Waals surface area contributed by atoms with Crippen molar-refractivity contribution in [2.75, 3.05) is 0 Å². The van der Waals surface area contributed by atoms with E-state index in [-0.39, 0.29) is 0 Å². The van der Waals surface area contributed by atoms with Crippen LogP contribution in [0.1, 0.15) is 58.3 Å². The molecule has 132 valence electrons. The van der Waals surface area contributed by atoms with Crippen LogP contribution in [-0.4, -0.2) is 11.1 Å². The first-order chi connectivity index (χ1) is 11.8. The van der Waals surface area contributed by atoms with E-state index in [9.17, 15) is 4.79 Å². The molecule has 1 N–H and O–H groups in total. The molecule has 0 amide bonds. The van der Waals surface area contributed by atoms with Crippen molar-refractivity contribution < 1.29 is 9.90 Å². The van der Waals surface area contributed by atoms with Crippen LogP contribution in [0.4, 0.5) is 0 Å². The SMILES string of the molecule is CC/C=C/C/C=C/C/C=C\CCCCCC=CC=C/C=C\C(=O)O. The first-order valence-corrected chi connectivity index (χ1v) is 8.95. The summed E-state index contributed by atoms with van der Waals surface area (Å²) in [5.41, 5.74) is 0. The van der Waals surface area contributed by atoms with E-state index in [1.807, 2.05) is 12.2 Å². The van der Waals surface area contributed by atoms with Crippen molar-refractivity contribution in [2.45, 2.75) is 58.3 Å². The molecule has 24 heavy (non-hydrogen) atoms. The second-order valence-corrected chi connectivity index (χ2v) is 5.44. The fourth-order valence-electron chi connectivity index (χ4n) is 1.97. The highest BCUT2D eigenvalue weighted by molar-refractivity contribution is 5.80. The third-order valence-corrected chi connectivity index (χ3v) is 3.23. The minimum absolute atomic E-state index is 0.919. The molecule has 0 aliphatic carbocycles. The Morgan fingerprint density at radius 2 is 1.29 bits per heavy atom. The maximum atomic E-state index is 10.2. The Bertz CT molecular complexity index is 462. The number of allylic oxidation sites excluding steroid dienone is 11. The van der Waals surface area contributed by atoms with Gasteiger partial charge in [-0.1, -0.05) is 80.2 Å². The second-order valence-electron chi connectivity index (χ2n) is 5.44. The summed E-state index contributed by atoms with van der Waals surface area (Å²) >= 11 is 0. The molecule has 0 fully saturated rings. The molecule has 0 radical (unpaired) electrons. The van der Waals surface area contributed by atoms with Gasteiger partial charge >= 0.3 is 5.97 Å². The second kappa shape index (κ2) is 19.0. The van der Waals surface area contributed by atoms with Gasteiger partial charge in [-0.05, 0) is 44.9 Å². The molecule has 0 spiro atoms. The highest BCUT2D eigenvalue weighted by Gasteiger charge is 1.85. The van der Waals surface area contributed by atoms with E-state index in [1.54, 1.807) is 6.08 Å². The van der Waals surface area contributed by atoms with E-state index in [4.69, 9.17) is 5.11 Å². The average molecular weight is 328 g/mol. The van der Waals surface area contributed by atoms with E-state index in [2.05, 4.69) is 49.5 Å². The summed E-state index contributed by atoms with van der Waals surface area (Å²) in [6.45, 7) is 2.15. The van der Waals surface area contributed by atoms with Crippen LogP contribution in [-0.2, 0) is 4.79 Å². The quantitative estimate of drug-likeness (QED) is 0.170. The molecular formula is C22H32O2. The molecule has 0 rings (SSSR count). The standard InChI is InChI=1S/C22H32O2/c1-2-3-4-5-6-7-8-9-10-11-12-13-14-15-16-17-18-19-20-21-22(23)24/h3-4,6-7,9-10,16-21H,2,5,8,11-15H2,1H3,(H,23,24)/b4-3+,7-6+,10-9-,17-16?,19-18?,21-20-. The lowest BCUT2D eigenvalue weighted by Gasteiger charge is -1.94. The summed E-state index contributed by atoms with van der Waals surface area (Å²) < 4.78 is 0. The molecule has 0 atom stereocenters. The van der Waals surface area contributed by atoms with E-state index < -0.39 is 5.97 Å². The molecule has 0 aliphatic rings. The van der Waals surface area contributed by atoms with Crippen molar-refractivity contribution in [3.63, 3.8) is 0 Å². The van der Waals surface area contributed by atoms with Gasteiger partial charge in [0.25, 0.3) is 0 Å². The fourth-order valence-corrected chi connectivity index (χ4v) is 1.97. The molecule has 0 aromatic heterocycles. The highest BCUT2D eigenvalue weighted by Crippen LogP contribution is 2.05. The van der Waals surface area contributed by atoms with Gasteiger partial charge in [-0.3, -0.25) is 0 Å². The normalized spacial score (nSPS) is 13.0. The third kappa shape index (κ3) is 19.9. The van der Waals surface area contributed by atoms with Crippen LogP contribution in [0.5, 0.6) is 0 Å². The minimum Gasteiger partial charge on any atom is -0.478 e. The summed E-state index contributed by atoms with van der Waals surface area (Å²) in [7, 11) is 0. The van der Waals surface area contributed by atoms with Gasteiger partial charge in [0, 0.05) is 6.08 Å². The van der Waals surface area contributed by atoms with Gasteiger partial charge in [-0.25, -0.2) is 4.79 Å². The zero-order chi connectivity index (χ0) is 17.7. The van der Waals surface area contributed by atoms with Crippen molar-refractivity contribution >= 4 is 5.97 Å². The van der Waals surface area contributed by atoms with E-state index >= 15 is 0 Å². The largest absolute Gasteiger partial charge is 0.478 e. The molecule has 0 aromatic carbocycles. The van der Waals surface area contributed by atoms with Gasteiger partial charge in [-0.2, -0.15) is 0 Å². The fraction of sp³-hybridized carbons (Fsp3) is 0.409. The molecule has 0 heterocycles. The van der Waals surface area contributed by atoms with Crippen LogP contribution in [0.25, 0.3) is 0 Å². The average Bonchev–Trinajstić information content (AvgIpc) is 2.56. The van der Waals surface area contributed by atoms with E-state index in [1.165, 1.54) is 25.3 Å². The molecule has 0 aliphatic heterocycles. The summed E-state index contributed by atoms with van der Waals surface area (Å²) in [5, 5.41) is 8.41. The number of aliphatic carboxylic acids is 1. The Kier molecular flexibility index (Phi) is 17.3. The van der Waals surface area contributed by atoms with Crippen LogP contribution in [0.3, 0.4) is 0 Å². The monoisotopic (exact) mass is 328 g/mol. The molecule has 0 saturated carbocycles. The number of unbranched alkanes of at least 4 members (excludes halogenated alkanes) is 4. The lowest BCUT2D eigenvalue weighted by Crippen LogP contribution is -1.84. The minimum atomic E-state index is -0.919. The summed E-state index contributed by atoms with van der Waals surface area (Å²) in [6.07, 6.45) is 32.8. The van der Waals surface area contributed by atoms with Gasteiger partial charge in [0.15, 0.2) is 0 Å². The number of hydrogen-bond donors (Lipinski definition) is 1. The van der Waals surface area contributed by atoms with Crippen molar-refractivity contribution in [3.05, 3.63) is 72.9 Å². The van der Waals surface area contributed by atoms with Crippen LogP contribution in [0, 0.1) is 0 Å². The lowest BCUT2D eigenvalue weighted by atomic mass is 10.1. The number of hydrogen-bond acceptors (Lipinski definition) is 1. The smallest absolute Gasteiger partial charge is 0.328 e. The maximum Gasteiger partial charge on any atom is 0.328 e. The topological polar surface area (TPSA) is 37.3 Å². The molecule has 0 unspecified atom stereocenters. The zero-order valence-corrected chi connectivity index (χ0v) is 14.9. The first-order valence-electron chi connectivity index (χ1n) is 8.95. The van der Waals surface area contributed by atoms with Crippen molar-refractivity contribution in [1.82, 2.24) is 0 Å². The summed E-state index contributed by atoms with van der Waals surface area (Å²) in [6, 6.07) is 0. The van der Waals surface area contributed by atoms with E-state index in [0.717, 1.165) is 38.2 Å². The van der Waals surface area contributed by atoms with Crippen molar-refractivity contribution in [1.29, 1.82) is 0 Å². The predicted molar refractivity (Wildman–Crippen MR) is 105 cm³/mol. The van der Waals surface area contributed by atoms with Crippen molar-refractivity contribution in [3.8, 4) is 0 Å². The molecular weight excluding hydrogens is 296 g/mol. The Balaban J connectivity index is 3.42. The van der Waals surface area contributed by atoms with Crippen LogP contribution in [0.15, 0.2) is 72.9 Å². The Morgan fingerprint density at radius 1 is 0.708 bits per heavy atom. The molecule has 0 aromatic rings. The molecule has 2 nitrogen and oxygen atoms in total. The lowest BCUT2D eigenvalue weighted by molar-refractivity contribution is -0.131. The van der Waals surface area contributed by atoms with Crippen LogP contribution in [0.2, 0.25) is 0 Å². The molecule has 0 bridgehead atoms. The Hall–Kier alpha value is -2.09. The van der Waals surface area contributed by atoms with Gasteiger partial charge in [0.1, 0.15) is 0 Å².